The number of hydrogen-bond acceptors (Lipinski definition) is 2. The Balaban J connectivity index is 2.10. The number of rotatable bonds is 3. The molecular weight excluding hydrogens is 242 g/mol. The van der Waals surface area contributed by atoms with E-state index in [0.29, 0.717) is 5.92 Å². The zero-order valence-electron chi connectivity index (χ0n) is 13.0. The molecule has 0 atom stereocenters. The Morgan fingerprint density at radius 1 is 1.16 bits per heavy atom. The maximum atomic E-state index is 14.4. The van der Waals surface area contributed by atoms with Gasteiger partial charge in [-0.15, -0.1) is 0 Å². The first-order valence-electron chi connectivity index (χ1n) is 7.29. The third kappa shape index (κ3) is 2.75. The van der Waals surface area contributed by atoms with Crippen molar-refractivity contribution < 1.29 is 13.7 Å². The lowest BCUT2D eigenvalue weighted by molar-refractivity contribution is 0.00578. The third-order valence-corrected chi connectivity index (χ3v) is 5.15. The van der Waals surface area contributed by atoms with Crippen LogP contribution in [0.2, 0.25) is 0 Å². The van der Waals surface area contributed by atoms with Gasteiger partial charge in [0.2, 0.25) is 0 Å². The average Bonchev–Trinajstić information content (AvgIpc) is 2.30. The van der Waals surface area contributed by atoms with Crippen molar-refractivity contribution in [3.63, 3.8) is 0 Å². The Morgan fingerprint density at radius 3 is 2.00 bits per heavy atom. The van der Waals surface area contributed by atoms with Crippen LogP contribution in [-0.2, 0) is 9.31 Å². The lowest BCUT2D eigenvalue weighted by Gasteiger charge is -2.38. The normalized spacial score (nSPS) is 27.5. The standard InChI is InChI=1S/C15H26BFO2/c1-13(2,11-8-7-9-11)10-12(17)16-18-14(3,4)15(5,6)19-16/h10-11H,7-9H2,1-6H3. The van der Waals surface area contributed by atoms with Gasteiger partial charge in [0.15, 0.2) is 0 Å². The largest absolute Gasteiger partial charge is 0.524 e. The van der Waals surface area contributed by atoms with Crippen molar-refractivity contribution >= 4 is 7.12 Å². The maximum Gasteiger partial charge on any atom is 0.524 e. The minimum Gasteiger partial charge on any atom is -0.398 e. The van der Waals surface area contributed by atoms with Crippen LogP contribution in [0.4, 0.5) is 4.39 Å². The molecule has 2 fully saturated rings. The molecule has 108 valence electrons. The van der Waals surface area contributed by atoms with Gasteiger partial charge >= 0.3 is 7.12 Å². The Hall–Kier alpha value is -0.345. The fourth-order valence-corrected chi connectivity index (χ4v) is 2.65. The van der Waals surface area contributed by atoms with Crippen molar-refractivity contribution in [3.05, 3.63) is 11.8 Å². The van der Waals surface area contributed by atoms with Gasteiger partial charge in [0.1, 0.15) is 5.73 Å². The molecular formula is C15H26BFO2. The summed E-state index contributed by atoms with van der Waals surface area (Å²) in [6.07, 6.45) is 5.36. The molecule has 0 aromatic heterocycles. The smallest absolute Gasteiger partial charge is 0.398 e. The monoisotopic (exact) mass is 268 g/mol. The van der Waals surface area contributed by atoms with Crippen molar-refractivity contribution in [2.75, 3.05) is 0 Å². The van der Waals surface area contributed by atoms with Crippen LogP contribution < -0.4 is 0 Å². The van der Waals surface area contributed by atoms with Crippen LogP contribution in [0, 0.1) is 11.3 Å². The molecule has 0 N–H and O–H groups in total. The van der Waals surface area contributed by atoms with Gasteiger partial charge in [-0.05, 0) is 51.9 Å². The van der Waals surface area contributed by atoms with E-state index in [-0.39, 0.29) is 11.1 Å². The Bertz CT molecular complexity index is 368. The lowest BCUT2D eigenvalue weighted by Crippen LogP contribution is -2.41. The summed E-state index contributed by atoms with van der Waals surface area (Å²) < 4.78 is 25.9. The third-order valence-electron chi connectivity index (χ3n) is 5.15. The second-order valence-corrected chi connectivity index (χ2v) is 7.57. The molecule has 1 aliphatic carbocycles. The van der Waals surface area contributed by atoms with E-state index in [1.807, 2.05) is 27.7 Å². The van der Waals surface area contributed by atoms with Gasteiger partial charge in [-0.1, -0.05) is 26.3 Å². The molecule has 0 bridgehead atoms. The van der Waals surface area contributed by atoms with Gasteiger partial charge in [0.25, 0.3) is 0 Å². The minimum atomic E-state index is -0.857. The van der Waals surface area contributed by atoms with Crippen LogP contribution in [0.3, 0.4) is 0 Å². The van der Waals surface area contributed by atoms with Gasteiger partial charge in [-0.25, -0.2) is 4.39 Å². The fourth-order valence-electron chi connectivity index (χ4n) is 2.65. The predicted molar refractivity (Wildman–Crippen MR) is 76.4 cm³/mol. The van der Waals surface area contributed by atoms with E-state index in [1.165, 1.54) is 19.3 Å². The topological polar surface area (TPSA) is 18.5 Å². The molecule has 1 aliphatic heterocycles. The molecule has 2 nitrogen and oxygen atoms in total. The predicted octanol–water partition coefficient (Wildman–Crippen LogP) is 4.30. The molecule has 2 rings (SSSR count). The van der Waals surface area contributed by atoms with Crippen LogP contribution in [-0.4, -0.2) is 18.3 Å². The van der Waals surface area contributed by atoms with E-state index >= 15 is 0 Å². The van der Waals surface area contributed by atoms with E-state index in [9.17, 15) is 4.39 Å². The van der Waals surface area contributed by atoms with E-state index < -0.39 is 18.3 Å². The lowest BCUT2D eigenvalue weighted by atomic mass is 9.66. The van der Waals surface area contributed by atoms with E-state index in [4.69, 9.17) is 9.31 Å². The van der Waals surface area contributed by atoms with E-state index in [0.717, 1.165) is 0 Å². The molecule has 0 aromatic carbocycles. The van der Waals surface area contributed by atoms with Gasteiger partial charge < -0.3 is 9.31 Å². The number of hydrogen-bond donors (Lipinski definition) is 0. The van der Waals surface area contributed by atoms with Crippen LogP contribution >= 0.6 is 0 Å². The molecule has 19 heavy (non-hydrogen) atoms. The van der Waals surface area contributed by atoms with Crippen molar-refractivity contribution in [1.82, 2.24) is 0 Å². The first kappa shape index (κ1) is 15.1. The van der Waals surface area contributed by atoms with Gasteiger partial charge in [0, 0.05) is 0 Å². The molecule has 4 heteroatoms. The summed E-state index contributed by atoms with van der Waals surface area (Å²) in [4.78, 5) is 0. The Morgan fingerprint density at radius 2 is 1.63 bits per heavy atom. The molecule has 0 aromatic rings. The second-order valence-electron chi connectivity index (χ2n) is 7.57. The van der Waals surface area contributed by atoms with Crippen LogP contribution in [0.25, 0.3) is 0 Å². The van der Waals surface area contributed by atoms with Crippen LogP contribution in [0.5, 0.6) is 0 Å². The highest BCUT2D eigenvalue weighted by Crippen LogP contribution is 2.45. The first-order valence-corrected chi connectivity index (χ1v) is 7.29. The minimum absolute atomic E-state index is 0.119. The zero-order chi connectivity index (χ0) is 14.5. The maximum absolute atomic E-state index is 14.4. The van der Waals surface area contributed by atoms with Crippen LogP contribution in [0.15, 0.2) is 11.8 Å². The first-order chi connectivity index (χ1) is 8.55. The SMILES string of the molecule is CC(C)(C=C(F)B1OC(C)(C)C(C)(C)O1)C1CCC1. The summed E-state index contributed by atoms with van der Waals surface area (Å²) in [5, 5.41) is 0. The Labute approximate surface area is 116 Å². The number of halogens is 1. The fraction of sp³-hybridized carbons (Fsp3) is 0.867. The van der Waals surface area contributed by atoms with Crippen molar-refractivity contribution in [3.8, 4) is 0 Å². The summed E-state index contributed by atoms with van der Waals surface area (Å²) in [5.41, 5.74) is -1.37. The van der Waals surface area contributed by atoms with E-state index in [1.54, 1.807) is 6.08 Å². The quantitative estimate of drug-likeness (QED) is 0.710. The summed E-state index contributed by atoms with van der Waals surface area (Å²) in [5.74, 6) is 0.584. The van der Waals surface area contributed by atoms with Crippen molar-refractivity contribution in [2.45, 2.75) is 72.0 Å². The molecule has 1 saturated heterocycles. The molecule has 0 unspecified atom stereocenters. The van der Waals surface area contributed by atoms with Crippen LogP contribution in [0.1, 0.15) is 60.8 Å². The van der Waals surface area contributed by atoms with Crippen molar-refractivity contribution in [2.24, 2.45) is 11.3 Å². The van der Waals surface area contributed by atoms with Gasteiger partial charge in [-0.3, -0.25) is 0 Å². The molecule has 0 amide bonds. The van der Waals surface area contributed by atoms with Gasteiger partial charge in [-0.2, -0.15) is 0 Å². The molecule has 0 radical (unpaired) electrons. The second kappa shape index (κ2) is 4.59. The van der Waals surface area contributed by atoms with Crippen molar-refractivity contribution in [1.29, 1.82) is 0 Å². The summed E-state index contributed by atoms with van der Waals surface area (Å²) >= 11 is 0. The summed E-state index contributed by atoms with van der Waals surface area (Å²) in [6.45, 7) is 12.0. The number of allylic oxidation sites excluding steroid dienone is 1. The highest BCUT2D eigenvalue weighted by molar-refractivity contribution is 6.53. The molecule has 1 saturated carbocycles. The molecule has 1 heterocycles. The summed E-state index contributed by atoms with van der Waals surface area (Å²) in [6, 6.07) is 0. The highest BCUT2D eigenvalue weighted by Gasteiger charge is 2.53. The zero-order valence-corrected chi connectivity index (χ0v) is 13.0. The highest BCUT2D eigenvalue weighted by atomic mass is 19.1. The molecule has 2 aliphatic rings. The van der Waals surface area contributed by atoms with E-state index in [2.05, 4.69) is 13.8 Å². The molecule has 0 spiro atoms. The average molecular weight is 268 g/mol. The summed E-state index contributed by atoms with van der Waals surface area (Å²) in [7, 11) is -0.857. The Kier molecular flexibility index (Phi) is 3.64. The van der Waals surface area contributed by atoms with Gasteiger partial charge in [0.05, 0.1) is 11.2 Å².